The Hall–Kier alpha value is -1.81. The molecule has 1 amide bonds. The fourth-order valence-corrected chi connectivity index (χ4v) is 3.33. The third-order valence-corrected chi connectivity index (χ3v) is 4.84. The van der Waals surface area contributed by atoms with Crippen LogP contribution in [0.25, 0.3) is 11.0 Å². The van der Waals surface area contributed by atoms with Gasteiger partial charge in [-0.15, -0.1) is 0 Å². The van der Waals surface area contributed by atoms with E-state index in [-0.39, 0.29) is 12.5 Å². The zero-order valence-corrected chi connectivity index (χ0v) is 13.7. The molecule has 0 spiro atoms. The average molecular weight is 315 g/mol. The SMILES string of the molecule is CC(O)(CNC(=O)CCC1CCCC1)c1cc2ccccc2o1. The number of benzene rings is 1. The lowest BCUT2D eigenvalue weighted by Crippen LogP contribution is -2.38. The van der Waals surface area contributed by atoms with E-state index in [1.165, 1.54) is 25.7 Å². The summed E-state index contributed by atoms with van der Waals surface area (Å²) in [7, 11) is 0. The first-order valence-corrected chi connectivity index (χ1v) is 8.53. The Labute approximate surface area is 136 Å². The highest BCUT2D eigenvalue weighted by Crippen LogP contribution is 2.29. The second-order valence-electron chi connectivity index (χ2n) is 6.89. The summed E-state index contributed by atoms with van der Waals surface area (Å²) in [6, 6.07) is 9.48. The zero-order chi connectivity index (χ0) is 16.3. The lowest BCUT2D eigenvalue weighted by atomic mass is 10.0. The van der Waals surface area contributed by atoms with E-state index in [1.807, 2.05) is 30.3 Å². The van der Waals surface area contributed by atoms with Gasteiger partial charge in [-0.05, 0) is 31.4 Å². The highest BCUT2D eigenvalue weighted by atomic mass is 16.4. The Morgan fingerprint density at radius 3 is 2.83 bits per heavy atom. The van der Waals surface area contributed by atoms with Gasteiger partial charge in [-0.2, -0.15) is 0 Å². The van der Waals surface area contributed by atoms with Crippen LogP contribution in [0.4, 0.5) is 0 Å². The fourth-order valence-electron chi connectivity index (χ4n) is 3.33. The van der Waals surface area contributed by atoms with E-state index in [9.17, 15) is 9.90 Å². The molecule has 4 nitrogen and oxygen atoms in total. The summed E-state index contributed by atoms with van der Waals surface area (Å²) < 4.78 is 5.71. The molecule has 2 aromatic rings. The van der Waals surface area contributed by atoms with E-state index >= 15 is 0 Å². The van der Waals surface area contributed by atoms with Crippen molar-refractivity contribution in [2.24, 2.45) is 5.92 Å². The molecule has 1 aliphatic rings. The van der Waals surface area contributed by atoms with Crippen LogP contribution in [0.1, 0.15) is 51.2 Å². The van der Waals surface area contributed by atoms with Gasteiger partial charge < -0.3 is 14.8 Å². The van der Waals surface area contributed by atoms with Crippen LogP contribution in [0, 0.1) is 5.92 Å². The largest absolute Gasteiger partial charge is 0.458 e. The first-order valence-electron chi connectivity index (χ1n) is 8.53. The molecule has 23 heavy (non-hydrogen) atoms. The summed E-state index contributed by atoms with van der Waals surface area (Å²) in [4.78, 5) is 12.0. The van der Waals surface area contributed by atoms with Crippen molar-refractivity contribution < 1.29 is 14.3 Å². The number of rotatable bonds is 6. The summed E-state index contributed by atoms with van der Waals surface area (Å²) >= 11 is 0. The first kappa shape index (κ1) is 16.1. The standard InChI is InChI=1S/C19H25NO3/c1-19(22,17-12-15-8-4-5-9-16(15)23-17)13-20-18(21)11-10-14-6-2-3-7-14/h4-5,8-9,12,14,22H,2-3,6-7,10-11,13H2,1H3,(H,20,21). The maximum atomic E-state index is 12.0. The monoisotopic (exact) mass is 315 g/mol. The van der Waals surface area contributed by atoms with Gasteiger partial charge in [-0.25, -0.2) is 0 Å². The fraction of sp³-hybridized carbons (Fsp3) is 0.526. The number of hydrogen-bond acceptors (Lipinski definition) is 3. The third-order valence-electron chi connectivity index (χ3n) is 4.84. The number of carbonyl (C=O) groups excluding carboxylic acids is 1. The van der Waals surface area contributed by atoms with Crippen LogP contribution < -0.4 is 5.32 Å². The quantitative estimate of drug-likeness (QED) is 0.854. The van der Waals surface area contributed by atoms with Crippen molar-refractivity contribution in [3.05, 3.63) is 36.1 Å². The summed E-state index contributed by atoms with van der Waals surface area (Å²) in [5.74, 6) is 1.19. The van der Waals surface area contributed by atoms with E-state index in [0.717, 1.165) is 17.4 Å². The van der Waals surface area contributed by atoms with Crippen LogP contribution in [-0.2, 0) is 10.4 Å². The number of fused-ring (bicyclic) bond motifs is 1. The van der Waals surface area contributed by atoms with Gasteiger partial charge in [-0.1, -0.05) is 43.9 Å². The Bertz CT molecular complexity index is 635. The van der Waals surface area contributed by atoms with Crippen LogP contribution in [0.5, 0.6) is 0 Å². The van der Waals surface area contributed by atoms with Crippen LogP contribution in [0.15, 0.2) is 34.7 Å². The smallest absolute Gasteiger partial charge is 0.220 e. The molecule has 1 aliphatic carbocycles. The Kier molecular flexibility index (Phi) is 4.71. The molecule has 0 aliphatic heterocycles. The molecule has 0 bridgehead atoms. The van der Waals surface area contributed by atoms with E-state index in [4.69, 9.17) is 4.42 Å². The van der Waals surface area contributed by atoms with Gasteiger partial charge >= 0.3 is 0 Å². The number of carbonyl (C=O) groups is 1. The minimum atomic E-state index is -1.21. The normalized spacial score (nSPS) is 18.2. The van der Waals surface area contributed by atoms with Gasteiger partial charge in [0.2, 0.25) is 5.91 Å². The van der Waals surface area contributed by atoms with Gasteiger partial charge in [0.1, 0.15) is 16.9 Å². The first-order chi connectivity index (χ1) is 11.0. The van der Waals surface area contributed by atoms with E-state index in [0.29, 0.717) is 18.1 Å². The van der Waals surface area contributed by atoms with Crippen molar-refractivity contribution >= 4 is 16.9 Å². The van der Waals surface area contributed by atoms with Crippen LogP contribution in [-0.4, -0.2) is 17.6 Å². The molecule has 124 valence electrons. The van der Waals surface area contributed by atoms with Gasteiger partial charge in [0.15, 0.2) is 0 Å². The second-order valence-corrected chi connectivity index (χ2v) is 6.89. The van der Waals surface area contributed by atoms with Crippen LogP contribution in [0.3, 0.4) is 0 Å². The van der Waals surface area contributed by atoms with E-state index in [2.05, 4.69) is 5.32 Å². The molecule has 1 saturated carbocycles. The predicted octanol–water partition coefficient (Wildman–Crippen LogP) is 3.73. The average Bonchev–Trinajstić information content (AvgIpc) is 3.20. The summed E-state index contributed by atoms with van der Waals surface area (Å²) in [6.07, 6.45) is 6.60. The van der Waals surface area contributed by atoms with E-state index < -0.39 is 5.60 Å². The van der Waals surface area contributed by atoms with Crippen molar-refractivity contribution in [1.29, 1.82) is 0 Å². The molecule has 1 aromatic carbocycles. The van der Waals surface area contributed by atoms with Crippen LogP contribution >= 0.6 is 0 Å². The molecule has 1 atom stereocenters. The van der Waals surface area contributed by atoms with Crippen molar-refractivity contribution in [3.8, 4) is 0 Å². The molecule has 1 heterocycles. The number of aliphatic hydroxyl groups is 1. The number of amides is 1. The van der Waals surface area contributed by atoms with Crippen molar-refractivity contribution in [1.82, 2.24) is 5.32 Å². The molecular weight excluding hydrogens is 290 g/mol. The summed E-state index contributed by atoms with van der Waals surface area (Å²) in [5.41, 5.74) is -0.461. The van der Waals surface area contributed by atoms with Crippen molar-refractivity contribution in [3.63, 3.8) is 0 Å². The molecule has 2 N–H and O–H groups in total. The maximum Gasteiger partial charge on any atom is 0.220 e. The van der Waals surface area contributed by atoms with Crippen molar-refractivity contribution in [2.45, 2.75) is 51.0 Å². The van der Waals surface area contributed by atoms with Gasteiger partial charge in [0.25, 0.3) is 0 Å². The lowest BCUT2D eigenvalue weighted by Gasteiger charge is -2.21. The Morgan fingerprint density at radius 2 is 2.09 bits per heavy atom. The molecule has 0 radical (unpaired) electrons. The Balaban J connectivity index is 1.54. The van der Waals surface area contributed by atoms with Crippen molar-refractivity contribution in [2.75, 3.05) is 6.54 Å². The Morgan fingerprint density at radius 1 is 1.35 bits per heavy atom. The topological polar surface area (TPSA) is 62.5 Å². The molecule has 3 rings (SSSR count). The number of nitrogens with one attached hydrogen (secondary N) is 1. The predicted molar refractivity (Wildman–Crippen MR) is 90.0 cm³/mol. The minimum Gasteiger partial charge on any atom is -0.458 e. The van der Waals surface area contributed by atoms with E-state index in [1.54, 1.807) is 6.92 Å². The van der Waals surface area contributed by atoms with Gasteiger partial charge in [0, 0.05) is 11.8 Å². The lowest BCUT2D eigenvalue weighted by molar-refractivity contribution is -0.122. The highest BCUT2D eigenvalue weighted by molar-refractivity contribution is 5.78. The zero-order valence-electron chi connectivity index (χ0n) is 13.7. The minimum absolute atomic E-state index is 0.00767. The summed E-state index contributed by atoms with van der Waals surface area (Å²) in [6.45, 7) is 1.83. The number of hydrogen-bond donors (Lipinski definition) is 2. The molecule has 1 aromatic heterocycles. The molecule has 1 fully saturated rings. The van der Waals surface area contributed by atoms with Gasteiger partial charge in [-0.3, -0.25) is 4.79 Å². The molecule has 4 heteroatoms. The third kappa shape index (κ3) is 3.94. The van der Waals surface area contributed by atoms with Crippen LogP contribution in [0.2, 0.25) is 0 Å². The van der Waals surface area contributed by atoms with Gasteiger partial charge in [0.05, 0.1) is 6.54 Å². The second kappa shape index (κ2) is 6.75. The molecular formula is C19H25NO3. The summed E-state index contributed by atoms with van der Waals surface area (Å²) in [5, 5.41) is 14.4. The highest BCUT2D eigenvalue weighted by Gasteiger charge is 2.28. The maximum absolute atomic E-state index is 12.0. The molecule has 1 unspecified atom stereocenters. The number of para-hydroxylation sites is 1. The molecule has 0 saturated heterocycles. The number of furan rings is 1.